The van der Waals surface area contributed by atoms with Gasteiger partial charge in [-0.1, -0.05) is 6.42 Å². The molecule has 1 aliphatic heterocycles. The molecule has 2 rings (SSSR count). The Morgan fingerprint density at radius 3 is 2.37 bits per heavy atom. The van der Waals surface area contributed by atoms with Crippen LogP contribution in [0.1, 0.15) is 32.1 Å². The SMILES string of the molecule is O=C(O)CN(CC1CC1)C(=O)C1CCCCS1(=O)=O. The zero-order chi connectivity index (χ0) is 14.0. The summed E-state index contributed by atoms with van der Waals surface area (Å²) in [5, 5.41) is 7.82. The van der Waals surface area contributed by atoms with Crippen LogP contribution in [0, 0.1) is 5.92 Å². The van der Waals surface area contributed by atoms with E-state index in [1.54, 1.807) is 0 Å². The van der Waals surface area contributed by atoms with Crippen molar-refractivity contribution in [1.82, 2.24) is 4.90 Å². The smallest absolute Gasteiger partial charge is 0.323 e. The van der Waals surface area contributed by atoms with Crippen molar-refractivity contribution < 1.29 is 23.1 Å². The van der Waals surface area contributed by atoms with Crippen molar-refractivity contribution in [2.45, 2.75) is 37.4 Å². The Kier molecular flexibility index (Phi) is 4.13. The molecule has 1 unspecified atom stereocenters. The van der Waals surface area contributed by atoms with Crippen molar-refractivity contribution in [1.29, 1.82) is 0 Å². The van der Waals surface area contributed by atoms with Gasteiger partial charge in [0.2, 0.25) is 5.91 Å². The number of hydrogen-bond donors (Lipinski definition) is 1. The van der Waals surface area contributed by atoms with Crippen molar-refractivity contribution in [2.75, 3.05) is 18.8 Å². The highest BCUT2D eigenvalue weighted by Gasteiger charge is 2.39. The van der Waals surface area contributed by atoms with E-state index >= 15 is 0 Å². The summed E-state index contributed by atoms with van der Waals surface area (Å²) < 4.78 is 23.8. The molecule has 0 bridgehead atoms. The van der Waals surface area contributed by atoms with Gasteiger partial charge in [0, 0.05) is 6.54 Å². The van der Waals surface area contributed by atoms with E-state index in [2.05, 4.69) is 0 Å². The van der Waals surface area contributed by atoms with Crippen LogP contribution in [0.15, 0.2) is 0 Å². The number of carbonyl (C=O) groups excluding carboxylic acids is 1. The number of carboxylic acid groups (broad SMARTS) is 1. The van der Waals surface area contributed by atoms with E-state index in [-0.39, 0.29) is 5.75 Å². The van der Waals surface area contributed by atoms with Gasteiger partial charge in [0.05, 0.1) is 5.75 Å². The highest BCUT2D eigenvalue weighted by atomic mass is 32.2. The van der Waals surface area contributed by atoms with Gasteiger partial charge in [0.1, 0.15) is 11.8 Å². The van der Waals surface area contributed by atoms with Crippen LogP contribution < -0.4 is 0 Å². The number of carbonyl (C=O) groups is 2. The maximum Gasteiger partial charge on any atom is 0.323 e. The Morgan fingerprint density at radius 2 is 1.84 bits per heavy atom. The second-order valence-corrected chi connectivity index (χ2v) is 7.71. The number of sulfone groups is 1. The molecular weight excluding hydrogens is 270 g/mol. The number of nitrogens with zero attached hydrogens (tertiary/aromatic N) is 1. The summed E-state index contributed by atoms with van der Waals surface area (Å²) in [5.41, 5.74) is 0. The molecule has 2 aliphatic rings. The third-order valence-electron chi connectivity index (χ3n) is 3.67. The molecule has 1 amide bonds. The molecule has 19 heavy (non-hydrogen) atoms. The van der Waals surface area contributed by atoms with Gasteiger partial charge in [-0.2, -0.15) is 0 Å². The number of amides is 1. The summed E-state index contributed by atoms with van der Waals surface area (Å²) in [5.74, 6) is -1.24. The van der Waals surface area contributed by atoms with Gasteiger partial charge in [-0.15, -0.1) is 0 Å². The Morgan fingerprint density at radius 1 is 1.16 bits per heavy atom. The molecule has 1 atom stereocenters. The molecule has 1 saturated carbocycles. The van der Waals surface area contributed by atoms with Crippen molar-refractivity contribution >= 4 is 21.7 Å². The molecule has 0 aromatic carbocycles. The average Bonchev–Trinajstić information content (AvgIpc) is 3.10. The molecule has 7 heteroatoms. The van der Waals surface area contributed by atoms with Gasteiger partial charge in [-0.05, 0) is 31.6 Å². The molecule has 1 heterocycles. The lowest BCUT2D eigenvalue weighted by atomic mass is 10.1. The Balaban J connectivity index is 2.10. The van der Waals surface area contributed by atoms with E-state index in [9.17, 15) is 18.0 Å². The molecule has 2 fully saturated rings. The summed E-state index contributed by atoms with van der Waals surface area (Å²) in [6.07, 6.45) is 3.59. The van der Waals surface area contributed by atoms with Crippen molar-refractivity contribution in [2.24, 2.45) is 5.92 Å². The zero-order valence-electron chi connectivity index (χ0n) is 10.7. The Bertz CT molecular complexity index is 469. The van der Waals surface area contributed by atoms with Crippen molar-refractivity contribution in [3.05, 3.63) is 0 Å². The molecule has 6 nitrogen and oxygen atoms in total. The fourth-order valence-corrected chi connectivity index (χ4v) is 4.32. The maximum atomic E-state index is 12.3. The number of carboxylic acids is 1. The largest absolute Gasteiger partial charge is 0.480 e. The number of rotatable bonds is 5. The average molecular weight is 289 g/mol. The first-order valence-corrected chi connectivity index (χ1v) is 8.34. The lowest BCUT2D eigenvalue weighted by Gasteiger charge is -2.28. The Labute approximate surface area is 112 Å². The van der Waals surface area contributed by atoms with Crippen molar-refractivity contribution in [3.8, 4) is 0 Å². The quantitative estimate of drug-likeness (QED) is 0.784. The third-order valence-corrected chi connectivity index (χ3v) is 5.83. The van der Waals surface area contributed by atoms with Gasteiger partial charge >= 0.3 is 5.97 Å². The minimum absolute atomic E-state index is 0.0355. The predicted molar refractivity (Wildman–Crippen MR) is 68.4 cm³/mol. The van der Waals surface area contributed by atoms with Crippen LogP contribution in [0.2, 0.25) is 0 Å². The summed E-state index contributed by atoms with van der Waals surface area (Å²) in [4.78, 5) is 24.3. The minimum Gasteiger partial charge on any atom is -0.480 e. The zero-order valence-corrected chi connectivity index (χ0v) is 11.6. The van der Waals surface area contributed by atoms with Gasteiger partial charge in [-0.3, -0.25) is 9.59 Å². The molecule has 0 aromatic rings. The Hall–Kier alpha value is -1.11. The molecule has 1 saturated heterocycles. The first-order valence-electron chi connectivity index (χ1n) is 6.62. The summed E-state index contributed by atoms with van der Waals surface area (Å²) in [7, 11) is -3.40. The van der Waals surface area contributed by atoms with E-state index < -0.39 is 33.5 Å². The maximum absolute atomic E-state index is 12.3. The highest BCUT2D eigenvalue weighted by molar-refractivity contribution is 7.92. The monoisotopic (exact) mass is 289 g/mol. The predicted octanol–water partition coefficient (Wildman–Crippen LogP) is 0.277. The van der Waals surface area contributed by atoms with Gasteiger partial charge in [-0.25, -0.2) is 8.42 Å². The van der Waals surface area contributed by atoms with Gasteiger partial charge in [0.25, 0.3) is 0 Å². The van der Waals surface area contributed by atoms with Crippen LogP contribution in [0.5, 0.6) is 0 Å². The third kappa shape index (κ3) is 3.68. The van der Waals surface area contributed by atoms with Crippen LogP contribution in [0.3, 0.4) is 0 Å². The van der Waals surface area contributed by atoms with Crippen LogP contribution in [-0.2, 0) is 19.4 Å². The van der Waals surface area contributed by atoms with E-state index in [1.807, 2.05) is 0 Å². The van der Waals surface area contributed by atoms with E-state index in [1.165, 1.54) is 4.90 Å². The lowest BCUT2D eigenvalue weighted by molar-refractivity contribution is -0.144. The normalized spacial score (nSPS) is 25.8. The first kappa shape index (κ1) is 14.3. The van der Waals surface area contributed by atoms with Gasteiger partial charge in [0.15, 0.2) is 9.84 Å². The van der Waals surface area contributed by atoms with Crippen molar-refractivity contribution in [3.63, 3.8) is 0 Å². The standard InChI is InChI=1S/C12H19NO5S/c14-11(15)8-13(7-9-4-5-9)12(16)10-3-1-2-6-19(10,17)18/h9-10H,1-8H2,(H,14,15). The lowest BCUT2D eigenvalue weighted by Crippen LogP contribution is -2.47. The van der Waals surface area contributed by atoms with Crippen LogP contribution in [0.4, 0.5) is 0 Å². The second-order valence-electron chi connectivity index (χ2n) is 5.41. The summed E-state index contributed by atoms with van der Waals surface area (Å²) in [6, 6.07) is 0. The molecule has 0 radical (unpaired) electrons. The van der Waals surface area contributed by atoms with E-state index in [0.29, 0.717) is 31.7 Å². The van der Waals surface area contributed by atoms with E-state index in [0.717, 1.165) is 12.8 Å². The summed E-state index contributed by atoms with van der Waals surface area (Å²) >= 11 is 0. The molecular formula is C12H19NO5S. The van der Waals surface area contributed by atoms with Crippen LogP contribution in [0.25, 0.3) is 0 Å². The molecule has 1 aliphatic carbocycles. The van der Waals surface area contributed by atoms with E-state index in [4.69, 9.17) is 5.11 Å². The topological polar surface area (TPSA) is 91.8 Å². The molecule has 0 spiro atoms. The molecule has 0 aromatic heterocycles. The van der Waals surface area contributed by atoms with Gasteiger partial charge < -0.3 is 10.0 Å². The number of hydrogen-bond acceptors (Lipinski definition) is 4. The number of aliphatic carboxylic acids is 1. The fraction of sp³-hybridized carbons (Fsp3) is 0.833. The fourth-order valence-electron chi connectivity index (χ4n) is 2.44. The first-order chi connectivity index (χ1) is 8.90. The van der Waals surface area contributed by atoms with Crippen LogP contribution in [-0.4, -0.2) is 54.4 Å². The molecule has 108 valence electrons. The second kappa shape index (κ2) is 5.48. The summed E-state index contributed by atoms with van der Waals surface area (Å²) in [6.45, 7) is -0.0293. The molecule has 1 N–H and O–H groups in total. The minimum atomic E-state index is -3.40. The van der Waals surface area contributed by atoms with Crippen LogP contribution >= 0.6 is 0 Å². The highest BCUT2D eigenvalue weighted by Crippen LogP contribution is 2.30.